The molecule has 2 aromatic carbocycles. The Balaban J connectivity index is 1.74. The van der Waals surface area contributed by atoms with Gasteiger partial charge in [-0.25, -0.2) is 9.37 Å². The molecule has 0 unspecified atom stereocenters. The molecular weight excluding hydrogens is 434 g/mol. The highest BCUT2D eigenvalue weighted by atomic mass is 32.1. The largest absolute Gasteiger partial charge is 0.405 e. The van der Waals surface area contributed by atoms with Gasteiger partial charge in [0.15, 0.2) is 0 Å². The maximum atomic E-state index is 13.1. The second-order valence-corrected chi connectivity index (χ2v) is 7.71. The molecule has 10 heteroatoms. The smallest absolute Gasteiger partial charge is 0.343 e. The standard InChI is InChI=1S/C21H17F4N3O2S/c1-12-18(31-17(27-12)10-13-6-8-14(22)9-7-13)20(30)28-16-5-3-2-4-15(16)19(29)26-11-21(23,24)25/h2-9H,10-11H2,1H3,(H,26,29)(H,28,30). The zero-order valence-corrected chi connectivity index (χ0v) is 17.0. The molecule has 0 atom stereocenters. The summed E-state index contributed by atoms with van der Waals surface area (Å²) in [6, 6.07) is 11.7. The number of amides is 2. The first-order valence-electron chi connectivity index (χ1n) is 9.08. The molecule has 0 aliphatic rings. The van der Waals surface area contributed by atoms with Crippen LogP contribution < -0.4 is 10.6 Å². The number of halogens is 4. The summed E-state index contributed by atoms with van der Waals surface area (Å²) in [5.74, 6) is -1.83. The van der Waals surface area contributed by atoms with Gasteiger partial charge in [-0.3, -0.25) is 9.59 Å². The summed E-state index contributed by atoms with van der Waals surface area (Å²) in [7, 11) is 0. The first-order valence-corrected chi connectivity index (χ1v) is 9.90. The fourth-order valence-corrected chi connectivity index (χ4v) is 3.75. The lowest BCUT2D eigenvalue weighted by molar-refractivity contribution is -0.123. The molecule has 5 nitrogen and oxygen atoms in total. The van der Waals surface area contributed by atoms with E-state index in [1.165, 1.54) is 30.3 Å². The van der Waals surface area contributed by atoms with E-state index >= 15 is 0 Å². The van der Waals surface area contributed by atoms with E-state index in [-0.39, 0.29) is 17.1 Å². The molecule has 2 amide bonds. The van der Waals surface area contributed by atoms with Crippen LogP contribution in [0.15, 0.2) is 48.5 Å². The Bertz CT molecular complexity index is 1090. The highest BCUT2D eigenvalue weighted by Gasteiger charge is 2.28. The normalized spacial score (nSPS) is 11.3. The molecule has 0 saturated heterocycles. The predicted molar refractivity (Wildman–Crippen MR) is 109 cm³/mol. The van der Waals surface area contributed by atoms with Gasteiger partial charge in [0, 0.05) is 6.42 Å². The van der Waals surface area contributed by atoms with Gasteiger partial charge in [0.1, 0.15) is 17.2 Å². The van der Waals surface area contributed by atoms with Crippen molar-refractivity contribution in [3.63, 3.8) is 0 Å². The Labute approximate surface area is 179 Å². The van der Waals surface area contributed by atoms with E-state index in [1.807, 2.05) is 0 Å². The van der Waals surface area contributed by atoms with Gasteiger partial charge >= 0.3 is 6.18 Å². The van der Waals surface area contributed by atoms with Crippen LogP contribution >= 0.6 is 11.3 Å². The number of nitrogens with zero attached hydrogens (tertiary/aromatic N) is 1. The number of carbonyl (C=O) groups excluding carboxylic acids is 2. The monoisotopic (exact) mass is 451 g/mol. The van der Waals surface area contributed by atoms with Crippen molar-refractivity contribution < 1.29 is 27.2 Å². The van der Waals surface area contributed by atoms with E-state index in [4.69, 9.17) is 0 Å². The number of aromatic nitrogens is 1. The second kappa shape index (κ2) is 9.25. The topological polar surface area (TPSA) is 71.1 Å². The summed E-state index contributed by atoms with van der Waals surface area (Å²) >= 11 is 1.15. The van der Waals surface area contributed by atoms with Crippen molar-refractivity contribution in [2.75, 3.05) is 11.9 Å². The van der Waals surface area contributed by atoms with Crippen molar-refractivity contribution in [2.45, 2.75) is 19.5 Å². The molecular formula is C21H17F4N3O2S. The van der Waals surface area contributed by atoms with Crippen LogP contribution in [0.2, 0.25) is 0 Å². The molecule has 0 radical (unpaired) electrons. The number of hydrogen-bond donors (Lipinski definition) is 2. The summed E-state index contributed by atoms with van der Waals surface area (Å²) in [6.45, 7) is 0.177. The molecule has 162 valence electrons. The van der Waals surface area contributed by atoms with Crippen LogP contribution in [-0.2, 0) is 6.42 Å². The van der Waals surface area contributed by atoms with Gasteiger partial charge in [0.2, 0.25) is 0 Å². The number of thiazole rings is 1. The summed E-state index contributed by atoms with van der Waals surface area (Å²) < 4.78 is 50.2. The van der Waals surface area contributed by atoms with Crippen LogP contribution in [0.25, 0.3) is 0 Å². The fourth-order valence-electron chi connectivity index (χ4n) is 2.76. The minimum absolute atomic E-state index is 0.0834. The molecule has 0 spiro atoms. The van der Waals surface area contributed by atoms with E-state index < -0.39 is 24.5 Å². The Morgan fingerprint density at radius 3 is 2.39 bits per heavy atom. The van der Waals surface area contributed by atoms with Crippen LogP contribution in [0, 0.1) is 12.7 Å². The van der Waals surface area contributed by atoms with Crippen molar-refractivity contribution in [1.82, 2.24) is 10.3 Å². The third kappa shape index (κ3) is 6.11. The maximum Gasteiger partial charge on any atom is 0.405 e. The SMILES string of the molecule is Cc1nc(Cc2ccc(F)cc2)sc1C(=O)Nc1ccccc1C(=O)NCC(F)(F)F. The third-order valence-electron chi connectivity index (χ3n) is 4.19. The van der Waals surface area contributed by atoms with Crippen LogP contribution in [0.5, 0.6) is 0 Å². The minimum atomic E-state index is -4.55. The van der Waals surface area contributed by atoms with E-state index in [2.05, 4.69) is 10.3 Å². The van der Waals surface area contributed by atoms with Gasteiger partial charge in [-0.15, -0.1) is 11.3 Å². The number of benzene rings is 2. The molecule has 3 aromatic rings. The molecule has 1 aromatic heterocycles. The lowest BCUT2D eigenvalue weighted by Gasteiger charge is -2.12. The molecule has 1 heterocycles. The van der Waals surface area contributed by atoms with Crippen LogP contribution in [0.1, 0.15) is 36.3 Å². The molecule has 0 saturated carbocycles. The van der Waals surface area contributed by atoms with Gasteiger partial charge in [-0.05, 0) is 36.8 Å². The number of carbonyl (C=O) groups is 2. The van der Waals surface area contributed by atoms with E-state index in [9.17, 15) is 27.2 Å². The molecule has 0 fully saturated rings. The second-order valence-electron chi connectivity index (χ2n) is 6.62. The quantitative estimate of drug-likeness (QED) is 0.533. The summed E-state index contributed by atoms with van der Waals surface area (Å²) in [5.41, 5.74) is 1.29. The fraction of sp³-hybridized carbons (Fsp3) is 0.190. The zero-order chi connectivity index (χ0) is 22.6. The van der Waals surface area contributed by atoms with Crippen LogP contribution in [-0.4, -0.2) is 29.5 Å². The van der Waals surface area contributed by atoms with E-state index in [1.54, 1.807) is 30.4 Å². The summed E-state index contributed by atoms with van der Waals surface area (Å²) in [6.07, 6.45) is -4.13. The zero-order valence-electron chi connectivity index (χ0n) is 16.2. The van der Waals surface area contributed by atoms with Crippen molar-refractivity contribution in [1.29, 1.82) is 0 Å². The highest BCUT2D eigenvalue weighted by molar-refractivity contribution is 7.14. The summed E-state index contributed by atoms with van der Waals surface area (Å²) in [5, 5.41) is 5.00. The minimum Gasteiger partial charge on any atom is -0.343 e. The molecule has 2 N–H and O–H groups in total. The van der Waals surface area contributed by atoms with Crippen molar-refractivity contribution in [3.8, 4) is 0 Å². The summed E-state index contributed by atoms with van der Waals surface area (Å²) in [4.78, 5) is 29.5. The van der Waals surface area contributed by atoms with Crippen molar-refractivity contribution in [3.05, 3.63) is 81.1 Å². The molecule has 0 aliphatic carbocycles. The number of nitrogens with one attached hydrogen (secondary N) is 2. The highest BCUT2D eigenvalue weighted by Crippen LogP contribution is 2.24. The van der Waals surface area contributed by atoms with Gasteiger partial charge in [-0.2, -0.15) is 13.2 Å². The lowest BCUT2D eigenvalue weighted by atomic mass is 10.1. The number of rotatable bonds is 6. The number of hydrogen-bond acceptors (Lipinski definition) is 4. The van der Waals surface area contributed by atoms with Gasteiger partial charge in [-0.1, -0.05) is 24.3 Å². The number of aryl methyl sites for hydroxylation is 1. The van der Waals surface area contributed by atoms with Crippen LogP contribution in [0.4, 0.5) is 23.2 Å². The van der Waals surface area contributed by atoms with E-state index in [0.717, 1.165) is 16.9 Å². The number of para-hydroxylation sites is 1. The van der Waals surface area contributed by atoms with Crippen molar-refractivity contribution in [2.24, 2.45) is 0 Å². The van der Waals surface area contributed by atoms with Crippen molar-refractivity contribution >= 4 is 28.8 Å². The third-order valence-corrected chi connectivity index (χ3v) is 5.34. The van der Waals surface area contributed by atoms with Gasteiger partial charge in [0.05, 0.1) is 22.0 Å². The predicted octanol–water partition coefficient (Wildman–Crippen LogP) is 4.73. The van der Waals surface area contributed by atoms with Gasteiger partial charge in [0.25, 0.3) is 11.8 Å². The Kier molecular flexibility index (Phi) is 6.69. The molecule has 3 rings (SSSR count). The average molecular weight is 451 g/mol. The Hall–Kier alpha value is -3.27. The first kappa shape index (κ1) is 22.4. The first-order chi connectivity index (χ1) is 14.6. The van der Waals surface area contributed by atoms with E-state index in [0.29, 0.717) is 22.0 Å². The van der Waals surface area contributed by atoms with Crippen LogP contribution in [0.3, 0.4) is 0 Å². The number of alkyl halides is 3. The molecule has 31 heavy (non-hydrogen) atoms. The van der Waals surface area contributed by atoms with Gasteiger partial charge < -0.3 is 10.6 Å². The maximum absolute atomic E-state index is 13.1. The lowest BCUT2D eigenvalue weighted by Crippen LogP contribution is -2.34. The molecule has 0 bridgehead atoms. The molecule has 0 aliphatic heterocycles. The average Bonchev–Trinajstić information content (AvgIpc) is 3.08. The Morgan fingerprint density at radius 2 is 1.71 bits per heavy atom. The number of anilines is 1. The Morgan fingerprint density at radius 1 is 1.03 bits per heavy atom.